The molecule has 0 unspecified atom stereocenters. The fraction of sp³-hybridized carbons (Fsp3) is 0.286. The first-order chi connectivity index (χ1) is 12.6. The molecule has 5 nitrogen and oxygen atoms in total. The Balaban J connectivity index is 1.63. The zero-order valence-electron chi connectivity index (χ0n) is 15.2. The van der Waals surface area contributed by atoms with Crippen LogP contribution in [-0.2, 0) is 17.9 Å². The lowest BCUT2D eigenvalue weighted by atomic mass is 10.1. The van der Waals surface area contributed by atoms with E-state index in [1.165, 1.54) is 0 Å². The topological polar surface area (TPSA) is 55.2 Å². The number of fused-ring (bicyclic) bond motifs is 1. The number of nitrogens with zero attached hydrogens (tertiary/aromatic N) is 3. The van der Waals surface area contributed by atoms with Gasteiger partial charge in [0.05, 0.1) is 17.6 Å². The molecule has 0 fully saturated rings. The predicted molar refractivity (Wildman–Crippen MR) is 102 cm³/mol. The molecule has 1 amide bonds. The largest absolute Gasteiger partial charge is 0.338 e. The summed E-state index contributed by atoms with van der Waals surface area (Å²) in [7, 11) is 1.76. The molecule has 0 saturated heterocycles. The fourth-order valence-corrected chi connectivity index (χ4v) is 3.08. The first-order valence-corrected chi connectivity index (χ1v) is 8.86. The molecule has 0 aliphatic heterocycles. The van der Waals surface area contributed by atoms with E-state index in [1.54, 1.807) is 24.1 Å². The first-order valence-electron chi connectivity index (χ1n) is 8.86. The Labute approximate surface area is 153 Å². The van der Waals surface area contributed by atoms with E-state index < -0.39 is 0 Å². The van der Waals surface area contributed by atoms with Gasteiger partial charge in [-0.15, -0.1) is 0 Å². The van der Waals surface area contributed by atoms with Crippen LogP contribution >= 0.6 is 0 Å². The van der Waals surface area contributed by atoms with Crippen molar-refractivity contribution in [1.82, 2.24) is 14.5 Å². The molecule has 0 bridgehead atoms. The second kappa shape index (κ2) is 7.95. The average Bonchev–Trinajstić information content (AvgIpc) is 3.03. The van der Waals surface area contributed by atoms with Crippen molar-refractivity contribution >= 4 is 22.7 Å². The molecule has 0 radical (unpaired) electrons. The molecule has 134 valence electrons. The highest BCUT2D eigenvalue weighted by atomic mass is 16.2. The summed E-state index contributed by atoms with van der Waals surface area (Å²) in [6.45, 7) is 3.29. The number of benzene rings is 2. The SMILES string of the molecule is CCn1c(CN(C)C(=O)CCC(=O)c2ccccc2)nc2ccccc21. The van der Waals surface area contributed by atoms with Crippen molar-refractivity contribution in [2.24, 2.45) is 0 Å². The van der Waals surface area contributed by atoms with Crippen LogP contribution < -0.4 is 0 Å². The van der Waals surface area contributed by atoms with E-state index in [9.17, 15) is 9.59 Å². The number of hydrogen-bond donors (Lipinski definition) is 0. The van der Waals surface area contributed by atoms with E-state index >= 15 is 0 Å². The van der Waals surface area contributed by atoms with Crippen LogP contribution in [0.5, 0.6) is 0 Å². The molecule has 0 aliphatic carbocycles. The number of carbonyl (C=O) groups is 2. The predicted octanol–water partition coefficient (Wildman–Crippen LogP) is 3.68. The Kier molecular flexibility index (Phi) is 5.46. The van der Waals surface area contributed by atoms with Crippen molar-refractivity contribution in [3.8, 4) is 0 Å². The number of aryl methyl sites for hydroxylation is 1. The number of aromatic nitrogens is 2. The third kappa shape index (κ3) is 3.82. The van der Waals surface area contributed by atoms with Crippen molar-refractivity contribution in [1.29, 1.82) is 0 Å². The van der Waals surface area contributed by atoms with E-state index in [0.29, 0.717) is 12.1 Å². The monoisotopic (exact) mass is 349 g/mol. The number of hydrogen-bond acceptors (Lipinski definition) is 3. The highest BCUT2D eigenvalue weighted by Gasteiger charge is 2.16. The van der Waals surface area contributed by atoms with Crippen molar-refractivity contribution < 1.29 is 9.59 Å². The Hall–Kier alpha value is -2.95. The molecule has 3 rings (SSSR count). The highest BCUT2D eigenvalue weighted by Crippen LogP contribution is 2.17. The quantitative estimate of drug-likeness (QED) is 0.612. The van der Waals surface area contributed by atoms with Gasteiger partial charge in [-0.2, -0.15) is 0 Å². The Morgan fingerprint density at radius 2 is 1.69 bits per heavy atom. The van der Waals surface area contributed by atoms with Crippen molar-refractivity contribution in [2.75, 3.05) is 7.05 Å². The zero-order chi connectivity index (χ0) is 18.5. The number of imidazole rings is 1. The van der Waals surface area contributed by atoms with Gasteiger partial charge in [0, 0.05) is 32.0 Å². The van der Waals surface area contributed by atoms with Crippen LogP contribution in [0.1, 0.15) is 35.9 Å². The van der Waals surface area contributed by atoms with Crippen LogP contribution in [0.4, 0.5) is 0 Å². The summed E-state index contributed by atoms with van der Waals surface area (Å²) < 4.78 is 2.12. The average molecular weight is 349 g/mol. The number of ketones is 1. The van der Waals surface area contributed by atoms with Crippen LogP contribution in [0, 0.1) is 0 Å². The molecule has 0 saturated carbocycles. The van der Waals surface area contributed by atoms with Gasteiger partial charge in [-0.1, -0.05) is 42.5 Å². The molecule has 0 spiro atoms. The smallest absolute Gasteiger partial charge is 0.223 e. The van der Waals surface area contributed by atoms with E-state index in [1.807, 2.05) is 42.5 Å². The van der Waals surface area contributed by atoms with Crippen LogP contribution in [0.3, 0.4) is 0 Å². The number of amides is 1. The molecular formula is C21H23N3O2. The third-order valence-corrected chi connectivity index (χ3v) is 4.52. The molecule has 0 N–H and O–H groups in total. The Morgan fingerprint density at radius 1 is 1.00 bits per heavy atom. The molecule has 3 aromatic rings. The maximum Gasteiger partial charge on any atom is 0.223 e. The highest BCUT2D eigenvalue weighted by molar-refractivity contribution is 5.97. The van der Waals surface area contributed by atoms with E-state index in [2.05, 4.69) is 16.5 Å². The summed E-state index contributed by atoms with van der Waals surface area (Å²) in [5, 5.41) is 0. The third-order valence-electron chi connectivity index (χ3n) is 4.52. The minimum atomic E-state index is -0.0519. The Morgan fingerprint density at radius 3 is 2.42 bits per heavy atom. The molecule has 1 aromatic heterocycles. The summed E-state index contributed by atoms with van der Waals surface area (Å²) in [5.74, 6) is 0.802. The van der Waals surface area contributed by atoms with Crippen molar-refractivity contribution in [3.05, 3.63) is 66.0 Å². The fourth-order valence-electron chi connectivity index (χ4n) is 3.08. The van der Waals surface area contributed by atoms with Gasteiger partial charge >= 0.3 is 0 Å². The van der Waals surface area contributed by atoms with Gasteiger partial charge in [0.25, 0.3) is 0 Å². The minimum absolute atomic E-state index is 0.00635. The first kappa shape index (κ1) is 17.9. The van der Waals surface area contributed by atoms with E-state index in [0.717, 1.165) is 23.4 Å². The van der Waals surface area contributed by atoms with Crippen LogP contribution in [-0.4, -0.2) is 33.2 Å². The second-order valence-corrected chi connectivity index (χ2v) is 6.30. The normalized spacial score (nSPS) is 10.8. The second-order valence-electron chi connectivity index (χ2n) is 6.30. The van der Waals surface area contributed by atoms with E-state index in [4.69, 9.17) is 0 Å². The lowest BCUT2D eigenvalue weighted by Gasteiger charge is -2.17. The number of carbonyl (C=O) groups excluding carboxylic acids is 2. The minimum Gasteiger partial charge on any atom is -0.338 e. The molecule has 5 heteroatoms. The van der Waals surface area contributed by atoms with Gasteiger partial charge in [-0.3, -0.25) is 9.59 Å². The molecule has 1 heterocycles. The van der Waals surface area contributed by atoms with Crippen molar-refractivity contribution in [2.45, 2.75) is 32.9 Å². The van der Waals surface area contributed by atoms with Crippen LogP contribution in [0.25, 0.3) is 11.0 Å². The summed E-state index contributed by atoms with van der Waals surface area (Å²) >= 11 is 0. The van der Waals surface area contributed by atoms with Gasteiger partial charge in [0.1, 0.15) is 5.82 Å². The zero-order valence-corrected chi connectivity index (χ0v) is 15.2. The molecule has 0 atom stereocenters. The van der Waals surface area contributed by atoms with Gasteiger partial charge in [-0.25, -0.2) is 4.98 Å². The van der Waals surface area contributed by atoms with Crippen LogP contribution in [0.2, 0.25) is 0 Å². The summed E-state index contributed by atoms with van der Waals surface area (Å²) in [4.78, 5) is 30.9. The van der Waals surface area contributed by atoms with Gasteiger partial charge < -0.3 is 9.47 Å². The van der Waals surface area contributed by atoms with Gasteiger partial charge in [0.15, 0.2) is 5.78 Å². The number of para-hydroxylation sites is 2. The summed E-state index contributed by atoms with van der Waals surface area (Å²) in [5.41, 5.74) is 2.66. The number of Topliss-reactive ketones (excluding diaryl/α,β-unsaturated/α-hetero) is 1. The molecule has 26 heavy (non-hydrogen) atoms. The maximum absolute atomic E-state index is 12.4. The number of rotatable bonds is 7. The van der Waals surface area contributed by atoms with Gasteiger partial charge in [0.2, 0.25) is 5.91 Å². The van der Waals surface area contributed by atoms with Gasteiger partial charge in [-0.05, 0) is 19.1 Å². The molecular weight excluding hydrogens is 326 g/mol. The van der Waals surface area contributed by atoms with E-state index in [-0.39, 0.29) is 24.5 Å². The lowest BCUT2D eigenvalue weighted by Crippen LogP contribution is -2.28. The maximum atomic E-state index is 12.4. The summed E-state index contributed by atoms with van der Waals surface area (Å²) in [6.07, 6.45) is 0.425. The lowest BCUT2D eigenvalue weighted by molar-refractivity contribution is -0.130. The van der Waals surface area contributed by atoms with Crippen LogP contribution in [0.15, 0.2) is 54.6 Å². The standard InChI is InChI=1S/C21H23N3O2/c1-3-24-18-12-8-7-11-17(18)22-20(24)15-23(2)21(26)14-13-19(25)16-9-5-4-6-10-16/h4-12H,3,13-15H2,1-2H3. The Bertz CT molecular complexity index is 915. The van der Waals surface area contributed by atoms with Crippen molar-refractivity contribution in [3.63, 3.8) is 0 Å². The molecule has 0 aliphatic rings. The molecule has 2 aromatic carbocycles. The summed E-state index contributed by atoms with van der Waals surface area (Å²) in [6, 6.07) is 17.1.